The van der Waals surface area contributed by atoms with Gasteiger partial charge in [0.25, 0.3) is 0 Å². The van der Waals surface area contributed by atoms with Crippen molar-refractivity contribution in [3.63, 3.8) is 0 Å². The Labute approximate surface area is 165 Å². The molecule has 0 aliphatic rings. The molecule has 0 radical (unpaired) electrons. The maximum absolute atomic E-state index is 12.4. The molecule has 10 heteroatoms. The molecule has 0 spiro atoms. The molecule has 2 rings (SSSR count). The number of anilines is 2. The first-order valence-corrected chi connectivity index (χ1v) is 10.8. The molecule has 0 atom stereocenters. The van der Waals surface area contributed by atoms with Crippen LogP contribution in [0.15, 0.2) is 5.16 Å². The highest BCUT2D eigenvalue weighted by atomic mass is 35.5. The van der Waals surface area contributed by atoms with E-state index in [0.29, 0.717) is 26.9 Å². The summed E-state index contributed by atoms with van der Waals surface area (Å²) in [4.78, 5) is 34.1. The van der Waals surface area contributed by atoms with Gasteiger partial charge in [0.1, 0.15) is 21.4 Å². The van der Waals surface area contributed by atoms with E-state index in [2.05, 4.69) is 27.5 Å². The second kappa shape index (κ2) is 9.94. The second-order valence-corrected chi connectivity index (χ2v) is 7.27. The number of hydrogen-bond donors (Lipinski definition) is 2. The second-order valence-electron chi connectivity index (χ2n) is 5.23. The van der Waals surface area contributed by atoms with Crippen molar-refractivity contribution in [2.75, 3.05) is 35.9 Å². The van der Waals surface area contributed by atoms with E-state index in [-0.39, 0.29) is 17.4 Å². The Kier molecular flexibility index (Phi) is 7.92. The maximum Gasteiger partial charge on any atom is 0.350 e. The smallest absolute Gasteiger partial charge is 0.350 e. The molecule has 0 aliphatic carbocycles. The van der Waals surface area contributed by atoms with Crippen molar-refractivity contribution in [3.8, 4) is 0 Å². The fourth-order valence-electron chi connectivity index (χ4n) is 2.22. The third kappa shape index (κ3) is 4.77. The SMILES string of the molecule is CCCCNc1nc(SC)nc2sc(C(=O)OCC)c(NC(=O)CCl)c12. The molecule has 0 saturated carbocycles. The zero-order valence-electron chi connectivity index (χ0n) is 14.8. The van der Waals surface area contributed by atoms with E-state index in [1.54, 1.807) is 6.92 Å². The van der Waals surface area contributed by atoms with E-state index in [1.165, 1.54) is 23.1 Å². The summed E-state index contributed by atoms with van der Waals surface area (Å²) in [7, 11) is 0. The molecule has 2 aromatic heterocycles. The van der Waals surface area contributed by atoms with Crippen molar-refractivity contribution in [1.29, 1.82) is 0 Å². The van der Waals surface area contributed by atoms with E-state index in [9.17, 15) is 9.59 Å². The molecule has 0 bridgehead atoms. The van der Waals surface area contributed by atoms with Gasteiger partial charge >= 0.3 is 5.97 Å². The van der Waals surface area contributed by atoms with Crippen LogP contribution in [-0.2, 0) is 9.53 Å². The first kappa shape index (κ1) is 20.7. The molecule has 0 aromatic carbocycles. The number of amides is 1. The molecular formula is C16H21ClN4O3S2. The third-order valence-electron chi connectivity index (χ3n) is 3.38. The first-order valence-electron chi connectivity index (χ1n) is 8.20. The van der Waals surface area contributed by atoms with E-state index in [0.717, 1.165) is 19.4 Å². The van der Waals surface area contributed by atoms with Crippen LogP contribution >= 0.6 is 34.7 Å². The summed E-state index contributed by atoms with van der Waals surface area (Å²) in [6, 6.07) is 0. The molecule has 2 aromatic rings. The van der Waals surface area contributed by atoms with Crippen LogP contribution in [0.4, 0.5) is 11.5 Å². The molecule has 2 N–H and O–H groups in total. The fraction of sp³-hybridized carbons (Fsp3) is 0.500. The van der Waals surface area contributed by atoms with Crippen molar-refractivity contribution in [2.24, 2.45) is 0 Å². The van der Waals surface area contributed by atoms with Crippen LogP contribution in [0.1, 0.15) is 36.4 Å². The Morgan fingerprint density at radius 3 is 2.69 bits per heavy atom. The molecule has 0 unspecified atom stereocenters. The normalized spacial score (nSPS) is 10.8. The maximum atomic E-state index is 12.4. The van der Waals surface area contributed by atoms with E-state index in [4.69, 9.17) is 16.3 Å². The molecule has 1 amide bonds. The largest absolute Gasteiger partial charge is 0.462 e. The molecule has 7 nitrogen and oxygen atoms in total. The van der Waals surface area contributed by atoms with Crippen LogP contribution < -0.4 is 10.6 Å². The number of thioether (sulfide) groups is 1. The van der Waals surface area contributed by atoms with Crippen LogP contribution in [0.3, 0.4) is 0 Å². The van der Waals surface area contributed by atoms with Gasteiger partial charge in [0.15, 0.2) is 5.16 Å². The summed E-state index contributed by atoms with van der Waals surface area (Å²) in [5.74, 6) is -0.553. The van der Waals surface area contributed by atoms with Gasteiger partial charge in [0.2, 0.25) is 5.91 Å². The predicted octanol–water partition coefficient (Wildman–Crippen LogP) is 3.98. The number of thiophene rings is 1. The van der Waals surface area contributed by atoms with Gasteiger partial charge in [-0.15, -0.1) is 22.9 Å². The number of rotatable bonds is 9. The van der Waals surface area contributed by atoms with Gasteiger partial charge in [0, 0.05) is 6.54 Å². The van der Waals surface area contributed by atoms with Crippen LogP contribution in [0.25, 0.3) is 10.2 Å². The summed E-state index contributed by atoms with van der Waals surface area (Å²) < 4.78 is 5.12. The average Bonchev–Trinajstić information content (AvgIpc) is 3.00. The van der Waals surface area contributed by atoms with Gasteiger partial charge in [-0.2, -0.15) is 0 Å². The van der Waals surface area contributed by atoms with E-state index < -0.39 is 11.9 Å². The van der Waals surface area contributed by atoms with E-state index >= 15 is 0 Å². The lowest BCUT2D eigenvalue weighted by Crippen LogP contribution is -2.16. The number of nitrogens with one attached hydrogen (secondary N) is 2. The van der Waals surface area contributed by atoms with Gasteiger partial charge in [-0.25, -0.2) is 14.8 Å². The average molecular weight is 417 g/mol. The Morgan fingerprint density at radius 1 is 1.31 bits per heavy atom. The third-order valence-corrected chi connectivity index (χ3v) is 5.24. The van der Waals surface area contributed by atoms with Gasteiger partial charge < -0.3 is 15.4 Å². The zero-order valence-corrected chi connectivity index (χ0v) is 17.2. The van der Waals surface area contributed by atoms with E-state index in [1.807, 2.05) is 6.26 Å². The van der Waals surface area contributed by atoms with Crippen molar-refractivity contribution in [3.05, 3.63) is 4.88 Å². The topological polar surface area (TPSA) is 93.2 Å². The van der Waals surface area contributed by atoms with Crippen LogP contribution in [0, 0.1) is 0 Å². The molecular weight excluding hydrogens is 396 g/mol. The van der Waals surface area contributed by atoms with Crippen molar-refractivity contribution in [1.82, 2.24) is 9.97 Å². The summed E-state index contributed by atoms with van der Waals surface area (Å²) in [6.07, 6.45) is 3.88. The number of carbonyl (C=O) groups is 2. The number of esters is 1. The van der Waals surface area contributed by atoms with Crippen LogP contribution in [0.2, 0.25) is 0 Å². The molecule has 142 valence electrons. The number of halogens is 1. The Balaban J connectivity index is 2.63. The number of unbranched alkanes of at least 4 members (excludes halogenated alkanes) is 1. The molecule has 0 aliphatic heterocycles. The number of nitrogens with zero attached hydrogens (tertiary/aromatic N) is 2. The lowest BCUT2D eigenvalue weighted by atomic mass is 10.2. The number of ether oxygens (including phenoxy) is 1. The number of aromatic nitrogens is 2. The van der Waals surface area contributed by atoms with Crippen molar-refractivity contribution in [2.45, 2.75) is 31.8 Å². The summed E-state index contributed by atoms with van der Waals surface area (Å²) in [5.41, 5.74) is 0.348. The number of fused-ring (bicyclic) bond motifs is 1. The lowest BCUT2D eigenvalue weighted by molar-refractivity contribution is -0.113. The Hall–Kier alpha value is -1.58. The summed E-state index contributed by atoms with van der Waals surface area (Å²) >= 11 is 8.21. The minimum Gasteiger partial charge on any atom is -0.462 e. The first-order chi connectivity index (χ1) is 12.5. The summed E-state index contributed by atoms with van der Waals surface area (Å²) in [6.45, 7) is 4.79. The van der Waals surface area contributed by atoms with Crippen LogP contribution in [0.5, 0.6) is 0 Å². The molecule has 26 heavy (non-hydrogen) atoms. The van der Waals surface area contributed by atoms with Crippen LogP contribution in [-0.4, -0.2) is 47.1 Å². The van der Waals surface area contributed by atoms with Gasteiger partial charge in [-0.3, -0.25) is 4.79 Å². The number of hydrogen-bond acceptors (Lipinski definition) is 8. The standard InChI is InChI=1S/C16H21ClN4O3S2/c1-4-6-7-18-13-10-11(19-9(22)8-17)12(15(23)24-5-2)26-14(10)21-16(20-13)25-3/h4-8H2,1-3H3,(H,19,22)(H,18,20,21). The monoisotopic (exact) mass is 416 g/mol. The Morgan fingerprint density at radius 2 is 2.08 bits per heavy atom. The molecule has 2 heterocycles. The van der Waals surface area contributed by atoms with Gasteiger partial charge in [-0.05, 0) is 19.6 Å². The highest BCUT2D eigenvalue weighted by Gasteiger charge is 2.25. The quantitative estimate of drug-likeness (QED) is 0.210. The minimum atomic E-state index is -0.509. The summed E-state index contributed by atoms with van der Waals surface area (Å²) in [5, 5.41) is 7.18. The number of alkyl halides is 1. The molecule has 0 fully saturated rings. The minimum absolute atomic E-state index is 0.220. The highest BCUT2D eigenvalue weighted by molar-refractivity contribution is 7.98. The van der Waals surface area contributed by atoms with Crippen molar-refractivity contribution >= 4 is 68.3 Å². The fourth-order valence-corrected chi connectivity index (χ4v) is 3.73. The zero-order chi connectivity index (χ0) is 19.1. The number of carbonyl (C=O) groups excluding carboxylic acids is 2. The van der Waals surface area contributed by atoms with Gasteiger partial charge in [-0.1, -0.05) is 25.1 Å². The Bertz CT molecular complexity index is 797. The molecule has 0 saturated heterocycles. The predicted molar refractivity (Wildman–Crippen MR) is 108 cm³/mol. The van der Waals surface area contributed by atoms with Crippen molar-refractivity contribution < 1.29 is 14.3 Å². The highest BCUT2D eigenvalue weighted by Crippen LogP contribution is 2.40. The van der Waals surface area contributed by atoms with Gasteiger partial charge in [0.05, 0.1) is 17.7 Å². The lowest BCUT2D eigenvalue weighted by Gasteiger charge is -2.10.